The third-order valence-electron chi connectivity index (χ3n) is 2.86. The number of carbonyl (C=O) groups is 3. The van der Waals surface area contributed by atoms with Gasteiger partial charge in [-0.3, -0.25) is 10.1 Å². The van der Waals surface area contributed by atoms with Gasteiger partial charge in [0.25, 0.3) is 5.91 Å². The standard InChI is InChI=1S/C16H16N2O4S/c1-2-17-16(21)18-14(19)13(11-7-4-3-5-8-11)22-15(20)12-9-6-10-23-12/h3-10,13H,2H2,1H3,(H2,17,18,19,21)/t13-/m1/s1. The maximum absolute atomic E-state index is 12.3. The summed E-state index contributed by atoms with van der Waals surface area (Å²) in [6.45, 7) is 2.11. The Morgan fingerprint density at radius 2 is 1.87 bits per heavy atom. The number of esters is 1. The first kappa shape index (κ1) is 16.7. The zero-order valence-corrected chi connectivity index (χ0v) is 13.3. The molecule has 120 valence electrons. The van der Waals surface area contributed by atoms with Crippen molar-refractivity contribution in [2.24, 2.45) is 0 Å². The van der Waals surface area contributed by atoms with Crippen molar-refractivity contribution in [2.75, 3.05) is 6.54 Å². The van der Waals surface area contributed by atoms with Crippen molar-refractivity contribution in [3.63, 3.8) is 0 Å². The smallest absolute Gasteiger partial charge is 0.349 e. The Morgan fingerprint density at radius 1 is 1.13 bits per heavy atom. The highest BCUT2D eigenvalue weighted by atomic mass is 32.1. The summed E-state index contributed by atoms with van der Waals surface area (Å²) in [6.07, 6.45) is -1.20. The van der Waals surface area contributed by atoms with Gasteiger partial charge in [-0.2, -0.15) is 0 Å². The summed E-state index contributed by atoms with van der Waals surface area (Å²) in [7, 11) is 0. The second-order valence-corrected chi connectivity index (χ2v) is 5.47. The van der Waals surface area contributed by atoms with Gasteiger partial charge < -0.3 is 10.1 Å². The molecule has 1 atom stereocenters. The van der Waals surface area contributed by atoms with Gasteiger partial charge in [-0.25, -0.2) is 9.59 Å². The van der Waals surface area contributed by atoms with Gasteiger partial charge in [0.1, 0.15) is 4.88 Å². The summed E-state index contributed by atoms with van der Waals surface area (Å²) in [5.41, 5.74) is 0.485. The molecule has 2 N–H and O–H groups in total. The van der Waals surface area contributed by atoms with E-state index in [1.807, 2.05) is 0 Å². The average molecular weight is 332 g/mol. The lowest BCUT2D eigenvalue weighted by atomic mass is 10.1. The van der Waals surface area contributed by atoms with Crippen molar-refractivity contribution in [1.29, 1.82) is 0 Å². The molecule has 2 aromatic rings. The summed E-state index contributed by atoms with van der Waals surface area (Å²) in [5.74, 6) is -1.31. The zero-order valence-electron chi connectivity index (χ0n) is 12.4. The molecule has 2 rings (SSSR count). The molecular weight excluding hydrogens is 316 g/mol. The van der Waals surface area contributed by atoms with Gasteiger partial charge >= 0.3 is 12.0 Å². The fourth-order valence-electron chi connectivity index (χ4n) is 1.84. The van der Waals surface area contributed by atoms with Crippen LogP contribution in [0.3, 0.4) is 0 Å². The SMILES string of the molecule is CCNC(=O)NC(=O)[C@H](OC(=O)c1cccs1)c1ccccc1. The number of amides is 3. The molecule has 7 heteroatoms. The molecule has 0 aliphatic rings. The molecule has 23 heavy (non-hydrogen) atoms. The number of hydrogen-bond donors (Lipinski definition) is 2. The monoisotopic (exact) mass is 332 g/mol. The van der Waals surface area contributed by atoms with Gasteiger partial charge in [-0.05, 0) is 18.4 Å². The summed E-state index contributed by atoms with van der Waals surface area (Å²) in [5, 5.41) is 6.36. The maximum atomic E-state index is 12.3. The Morgan fingerprint density at radius 3 is 2.48 bits per heavy atom. The van der Waals surface area contributed by atoms with Crippen molar-refractivity contribution >= 4 is 29.2 Å². The van der Waals surface area contributed by atoms with Crippen LogP contribution in [0.2, 0.25) is 0 Å². The number of hydrogen-bond acceptors (Lipinski definition) is 5. The molecular formula is C16H16N2O4S. The van der Waals surface area contributed by atoms with Gasteiger partial charge in [0.15, 0.2) is 0 Å². The Hall–Kier alpha value is -2.67. The van der Waals surface area contributed by atoms with Gasteiger partial charge in [-0.1, -0.05) is 36.4 Å². The topological polar surface area (TPSA) is 84.5 Å². The van der Waals surface area contributed by atoms with Crippen molar-refractivity contribution in [2.45, 2.75) is 13.0 Å². The van der Waals surface area contributed by atoms with Crippen molar-refractivity contribution < 1.29 is 19.1 Å². The predicted octanol–water partition coefficient (Wildman–Crippen LogP) is 2.49. The third-order valence-corrected chi connectivity index (χ3v) is 3.71. The number of urea groups is 1. The van der Waals surface area contributed by atoms with Crippen LogP contribution in [-0.2, 0) is 9.53 Å². The summed E-state index contributed by atoms with van der Waals surface area (Å²) < 4.78 is 5.30. The Balaban J connectivity index is 2.17. The van der Waals surface area contributed by atoms with E-state index >= 15 is 0 Å². The molecule has 0 spiro atoms. The van der Waals surface area contributed by atoms with Crippen LogP contribution < -0.4 is 10.6 Å². The molecule has 0 radical (unpaired) electrons. The van der Waals surface area contributed by atoms with Crippen LogP contribution in [0.1, 0.15) is 28.3 Å². The number of thiophene rings is 1. The van der Waals surface area contributed by atoms with Gasteiger partial charge in [0, 0.05) is 12.1 Å². The van der Waals surface area contributed by atoms with Crippen LogP contribution in [0.5, 0.6) is 0 Å². The van der Waals surface area contributed by atoms with E-state index in [0.717, 1.165) is 0 Å². The molecule has 0 saturated heterocycles. The molecule has 0 saturated carbocycles. The highest BCUT2D eigenvalue weighted by Crippen LogP contribution is 2.21. The first-order valence-electron chi connectivity index (χ1n) is 7.00. The van der Waals surface area contributed by atoms with E-state index < -0.39 is 24.0 Å². The van der Waals surface area contributed by atoms with Crippen molar-refractivity contribution in [1.82, 2.24) is 10.6 Å². The van der Waals surface area contributed by atoms with E-state index in [2.05, 4.69) is 10.6 Å². The minimum atomic E-state index is -1.20. The third kappa shape index (κ3) is 4.65. The number of carbonyl (C=O) groups excluding carboxylic acids is 3. The van der Waals surface area contributed by atoms with Crippen LogP contribution in [-0.4, -0.2) is 24.5 Å². The lowest BCUT2D eigenvalue weighted by molar-refractivity contribution is -0.129. The van der Waals surface area contributed by atoms with E-state index in [-0.39, 0.29) is 0 Å². The fraction of sp³-hybridized carbons (Fsp3) is 0.188. The average Bonchev–Trinajstić information content (AvgIpc) is 3.07. The molecule has 0 aliphatic carbocycles. The summed E-state index contributed by atoms with van der Waals surface area (Å²) >= 11 is 1.22. The minimum absolute atomic E-state index is 0.379. The normalized spacial score (nSPS) is 11.3. The zero-order chi connectivity index (χ0) is 16.7. The molecule has 0 fully saturated rings. The lowest BCUT2D eigenvalue weighted by Gasteiger charge is -2.17. The predicted molar refractivity (Wildman–Crippen MR) is 86.1 cm³/mol. The Bertz CT molecular complexity index is 671. The van der Waals surface area contributed by atoms with Crippen LogP contribution >= 0.6 is 11.3 Å². The van der Waals surface area contributed by atoms with E-state index in [4.69, 9.17) is 4.74 Å². The van der Waals surface area contributed by atoms with Crippen LogP contribution in [0.25, 0.3) is 0 Å². The minimum Gasteiger partial charge on any atom is -0.443 e. The number of ether oxygens (including phenoxy) is 1. The van der Waals surface area contributed by atoms with Crippen LogP contribution in [0.4, 0.5) is 4.79 Å². The number of imide groups is 1. The van der Waals surface area contributed by atoms with Gasteiger partial charge in [0.2, 0.25) is 6.10 Å². The highest BCUT2D eigenvalue weighted by Gasteiger charge is 2.27. The van der Waals surface area contributed by atoms with E-state index in [1.165, 1.54) is 11.3 Å². The highest BCUT2D eigenvalue weighted by molar-refractivity contribution is 7.11. The molecule has 6 nitrogen and oxygen atoms in total. The van der Waals surface area contributed by atoms with Crippen molar-refractivity contribution in [3.8, 4) is 0 Å². The molecule has 1 aromatic heterocycles. The Kier molecular flexibility index (Phi) is 5.87. The fourth-order valence-corrected chi connectivity index (χ4v) is 2.45. The van der Waals surface area contributed by atoms with Crippen LogP contribution in [0.15, 0.2) is 47.8 Å². The van der Waals surface area contributed by atoms with Gasteiger partial charge in [0.05, 0.1) is 0 Å². The summed E-state index contributed by atoms with van der Waals surface area (Å²) in [6, 6.07) is 11.2. The quantitative estimate of drug-likeness (QED) is 0.824. The molecule has 1 aromatic carbocycles. The molecule has 0 unspecified atom stereocenters. The molecule has 0 bridgehead atoms. The number of rotatable bonds is 5. The van der Waals surface area contributed by atoms with E-state index in [0.29, 0.717) is 17.0 Å². The first-order chi connectivity index (χ1) is 11.1. The van der Waals surface area contributed by atoms with Crippen LogP contribution in [0, 0.1) is 0 Å². The summed E-state index contributed by atoms with van der Waals surface area (Å²) in [4.78, 5) is 36.3. The largest absolute Gasteiger partial charge is 0.443 e. The molecule has 0 aliphatic heterocycles. The number of nitrogens with one attached hydrogen (secondary N) is 2. The van der Waals surface area contributed by atoms with Crippen molar-refractivity contribution in [3.05, 3.63) is 58.3 Å². The Labute approximate surface area is 137 Å². The lowest BCUT2D eigenvalue weighted by Crippen LogP contribution is -2.42. The molecule has 3 amide bonds. The number of benzene rings is 1. The maximum Gasteiger partial charge on any atom is 0.349 e. The first-order valence-corrected chi connectivity index (χ1v) is 7.88. The van der Waals surface area contributed by atoms with E-state index in [9.17, 15) is 14.4 Å². The van der Waals surface area contributed by atoms with Gasteiger partial charge in [-0.15, -0.1) is 11.3 Å². The van der Waals surface area contributed by atoms with E-state index in [1.54, 1.807) is 54.8 Å². The second kappa shape index (κ2) is 8.09. The second-order valence-electron chi connectivity index (χ2n) is 4.52. The molecule has 1 heterocycles.